The van der Waals surface area contributed by atoms with Crippen molar-refractivity contribution in [3.8, 4) is 11.4 Å². The largest absolute Gasteiger partial charge is 0.265 e. The number of aromatic nitrogens is 5. The molecule has 102 valence electrons. The molecule has 4 heterocycles. The number of hydrogen-bond donors (Lipinski definition) is 2. The summed E-state index contributed by atoms with van der Waals surface area (Å²) in [5.74, 6) is 0.754. The molecule has 8 heteroatoms. The van der Waals surface area contributed by atoms with E-state index in [9.17, 15) is 0 Å². The summed E-state index contributed by atoms with van der Waals surface area (Å²) in [5.41, 5.74) is 7.44. The molecule has 3 aromatic rings. The minimum Gasteiger partial charge on any atom is -0.265 e. The number of nitrogens with zero attached hydrogens (tertiary/aromatic N) is 5. The number of nitrogens with one attached hydrogen (secondary N) is 2. The Kier molecular flexibility index (Phi) is 2.72. The molecular formula is C12H13N7S. The second kappa shape index (κ2) is 4.58. The SMILES string of the molecule is CC1CC(c2nn3c(-c4ccncc4)nnc3s2)NN1. The zero-order valence-corrected chi connectivity index (χ0v) is 11.6. The molecule has 0 bridgehead atoms. The fraction of sp³-hybridized carbons (Fsp3) is 0.333. The van der Waals surface area contributed by atoms with Crippen LogP contribution < -0.4 is 10.9 Å². The van der Waals surface area contributed by atoms with Crippen molar-refractivity contribution in [2.75, 3.05) is 0 Å². The summed E-state index contributed by atoms with van der Waals surface area (Å²) in [6.45, 7) is 2.15. The molecule has 0 aromatic carbocycles. The van der Waals surface area contributed by atoms with Crippen LogP contribution in [0.2, 0.25) is 0 Å². The lowest BCUT2D eigenvalue weighted by molar-refractivity contribution is 0.555. The number of hydrogen-bond acceptors (Lipinski definition) is 7. The minimum absolute atomic E-state index is 0.238. The summed E-state index contributed by atoms with van der Waals surface area (Å²) in [6.07, 6.45) is 4.51. The Morgan fingerprint density at radius 3 is 2.85 bits per heavy atom. The maximum Gasteiger partial charge on any atom is 0.235 e. The van der Waals surface area contributed by atoms with Crippen LogP contribution in [-0.4, -0.2) is 30.8 Å². The first-order valence-electron chi connectivity index (χ1n) is 6.45. The van der Waals surface area contributed by atoms with Gasteiger partial charge >= 0.3 is 0 Å². The van der Waals surface area contributed by atoms with Gasteiger partial charge in [-0.25, -0.2) is 5.43 Å². The lowest BCUT2D eigenvalue weighted by atomic mass is 10.2. The van der Waals surface area contributed by atoms with Crippen molar-refractivity contribution in [2.45, 2.75) is 25.4 Å². The average molecular weight is 287 g/mol. The molecule has 1 fully saturated rings. The zero-order chi connectivity index (χ0) is 13.5. The normalized spacial score (nSPS) is 22.6. The van der Waals surface area contributed by atoms with Crippen molar-refractivity contribution in [1.29, 1.82) is 0 Å². The topological polar surface area (TPSA) is 80.0 Å². The Bertz CT molecular complexity index is 735. The molecule has 0 spiro atoms. The summed E-state index contributed by atoms with van der Waals surface area (Å²) in [4.78, 5) is 4.83. The van der Waals surface area contributed by atoms with Gasteiger partial charge in [0.05, 0.1) is 6.04 Å². The van der Waals surface area contributed by atoms with Gasteiger partial charge in [0.25, 0.3) is 0 Å². The van der Waals surface area contributed by atoms with Crippen LogP contribution in [0.5, 0.6) is 0 Å². The third-order valence-corrected chi connectivity index (χ3v) is 4.35. The Labute approximate surface area is 119 Å². The third-order valence-electron chi connectivity index (χ3n) is 3.34. The van der Waals surface area contributed by atoms with Crippen molar-refractivity contribution in [3.05, 3.63) is 29.5 Å². The van der Waals surface area contributed by atoms with Gasteiger partial charge in [-0.15, -0.1) is 10.2 Å². The van der Waals surface area contributed by atoms with Crippen LogP contribution in [-0.2, 0) is 0 Å². The van der Waals surface area contributed by atoms with Crippen LogP contribution >= 0.6 is 11.3 Å². The predicted molar refractivity (Wildman–Crippen MR) is 75.0 cm³/mol. The summed E-state index contributed by atoms with van der Waals surface area (Å²) < 4.78 is 1.81. The van der Waals surface area contributed by atoms with Crippen LogP contribution in [0.4, 0.5) is 0 Å². The van der Waals surface area contributed by atoms with E-state index in [2.05, 4.69) is 38.1 Å². The highest BCUT2D eigenvalue weighted by atomic mass is 32.1. The first-order chi connectivity index (χ1) is 9.81. The van der Waals surface area contributed by atoms with E-state index in [1.807, 2.05) is 12.1 Å². The molecule has 4 rings (SSSR count). The highest BCUT2D eigenvalue weighted by molar-refractivity contribution is 7.16. The van der Waals surface area contributed by atoms with Gasteiger partial charge in [0.15, 0.2) is 5.82 Å². The summed E-state index contributed by atoms with van der Waals surface area (Å²) in [6, 6.07) is 4.51. The molecular weight excluding hydrogens is 274 g/mol. The van der Waals surface area contributed by atoms with E-state index in [1.54, 1.807) is 28.2 Å². The minimum atomic E-state index is 0.238. The van der Waals surface area contributed by atoms with Crippen molar-refractivity contribution >= 4 is 16.3 Å². The molecule has 0 saturated carbocycles. The first kappa shape index (κ1) is 11.9. The molecule has 0 radical (unpaired) electrons. The van der Waals surface area contributed by atoms with E-state index in [0.717, 1.165) is 27.8 Å². The van der Waals surface area contributed by atoms with E-state index < -0.39 is 0 Å². The van der Waals surface area contributed by atoms with E-state index in [-0.39, 0.29) is 6.04 Å². The lowest BCUT2D eigenvalue weighted by Gasteiger charge is -2.02. The summed E-state index contributed by atoms with van der Waals surface area (Å²) in [7, 11) is 0. The molecule has 0 aliphatic carbocycles. The Balaban J connectivity index is 1.76. The number of fused-ring (bicyclic) bond motifs is 1. The van der Waals surface area contributed by atoms with Crippen molar-refractivity contribution < 1.29 is 0 Å². The van der Waals surface area contributed by atoms with E-state index in [1.165, 1.54) is 0 Å². The number of hydrazine groups is 1. The van der Waals surface area contributed by atoms with Gasteiger partial charge in [-0.05, 0) is 25.5 Å². The van der Waals surface area contributed by atoms with Crippen molar-refractivity contribution in [3.63, 3.8) is 0 Å². The number of rotatable bonds is 2. The standard InChI is InChI=1S/C12H13N7S/c1-7-6-9(15-14-7)11-18-19-10(16-17-12(19)20-11)8-2-4-13-5-3-8/h2-5,7,9,14-15H,6H2,1H3. The fourth-order valence-electron chi connectivity index (χ4n) is 2.33. The van der Waals surface area contributed by atoms with Gasteiger partial charge in [0.1, 0.15) is 5.01 Å². The predicted octanol–water partition coefficient (Wildman–Crippen LogP) is 1.18. The average Bonchev–Trinajstić information content (AvgIpc) is 3.13. The van der Waals surface area contributed by atoms with Gasteiger partial charge in [-0.1, -0.05) is 11.3 Å². The highest BCUT2D eigenvalue weighted by Gasteiger charge is 2.26. The molecule has 3 aromatic heterocycles. The van der Waals surface area contributed by atoms with Gasteiger partial charge in [-0.2, -0.15) is 9.61 Å². The second-order valence-corrected chi connectivity index (χ2v) is 5.86. The fourth-order valence-corrected chi connectivity index (χ4v) is 3.23. The van der Waals surface area contributed by atoms with E-state index >= 15 is 0 Å². The molecule has 2 unspecified atom stereocenters. The summed E-state index contributed by atoms with van der Waals surface area (Å²) >= 11 is 1.57. The first-order valence-corrected chi connectivity index (χ1v) is 7.26. The van der Waals surface area contributed by atoms with Gasteiger partial charge in [0, 0.05) is 24.0 Å². The lowest BCUT2D eigenvalue weighted by Crippen LogP contribution is -2.28. The molecule has 7 nitrogen and oxygen atoms in total. The smallest absolute Gasteiger partial charge is 0.235 e. The van der Waals surface area contributed by atoms with Gasteiger partial charge in [-0.3, -0.25) is 10.4 Å². The van der Waals surface area contributed by atoms with Crippen LogP contribution in [0.3, 0.4) is 0 Å². The quantitative estimate of drug-likeness (QED) is 0.736. The summed E-state index contributed by atoms with van der Waals surface area (Å²) in [5, 5.41) is 14.1. The molecule has 2 N–H and O–H groups in total. The van der Waals surface area contributed by atoms with Crippen LogP contribution in [0, 0.1) is 0 Å². The van der Waals surface area contributed by atoms with Crippen LogP contribution in [0.15, 0.2) is 24.5 Å². The van der Waals surface area contributed by atoms with Crippen LogP contribution in [0.25, 0.3) is 16.3 Å². The molecule has 1 aliphatic heterocycles. The Morgan fingerprint density at radius 1 is 1.25 bits per heavy atom. The van der Waals surface area contributed by atoms with Gasteiger partial charge < -0.3 is 0 Å². The number of pyridine rings is 1. The molecule has 1 aliphatic rings. The second-order valence-electron chi connectivity index (χ2n) is 4.87. The van der Waals surface area contributed by atoms with E-state index in [0.29, 0.717) is 6.04 Å². The molecule has 0 amide bonds. The molecule has 20 heavy (non-hydrogen) atoms. The maximum atomic E-state index is 4.65. The van der Waals surface area contributed by atoms with Gasteiger partial charge in [0.2, 0.25) is 4.96 Å². The molecule has 2 atom stereocenters. The van der Waals surface area contributed by atoms with Crippen molar-refractivity contribution in [2.24, 2.45) is 0 Å². The Morgan fingerprint density at radius 2 is 2.10 bits per heavy atom. The van der Waals surface area contributed by atoms with Crippen molar-refractivity contribution in [1.82, 2.24) is 35.6 Å². The zero-order valence-electron chi connectivity index (χ0n) is 10.8. The van der Waals surface area contributed by atoms with E-state index in [4.69, 9.17) is 0 Å². The Hall–Kier alpha value is -1.90. The monoisotopic (exact) mass is 287 g/mol. The maximum absolute atomic E-state index is 4.65. The highest BCUT2D eigenvalue weighted by Crippen LogP contribution is 2.28. The molecule has 1 saturated heterocycles. The third kappa shape index (κ3) is 1.89. The van der Waals surface area contributed by atoms with Crippen LogP contribution in [0.1, 0.15) is 24.4 Å².